The van der Waals surface area contributed by atoms with E-state index in [-0.39, 0.29) is 18.0 Å². The van der Waals surface area contributed by atoms with E-state index in [1.807, 2.05) is 16.8 Å². The van der Waals surface area contributed by atoms with Crippen molar-refractivity contribution in [1.82, 2.24) is 14.8 Å². The molecule has 1 aliphatic heterocycles. The molecule has 6 nitrogen and oxygen atoms in total. The lowest BCUT2D eigenvalue weighted by molar-refractivity contribution is 0.413. The smallest absolute Gasteiger partial charge is 0.241 e. The molecule has 3 aromatic rings. The SMILES string of the molecule is COc1ccc([C@H]2C[C@H](c3cccc(C)c3)n3nc(N)nc3N2)cc1. The zero-order valence-corrected chi connectivity index (χ0v) is 14.3. The third-order valence-corrected chi connectivity index (χ3v) is 4.65. The number of anilines is 2. The molecule has 2 atom stereocenters. The Morgan fingerprint density at radius 3 is 2.68 bits per heavy atom. The normalized spacial score (nSPS) is 19.1. The molecule has 2 heterocycles. The Morgan fingerprint density at radius 2 is 1.96 bits per heavy atom. The van der Waals surface area contributed by atoms with E-state index >= 15 is 0 Å². The summed E-state index contributed by atoms with van der Waals surface area (Å²) in [5, 5.41) is 7.85. The number of fused-ring (bicyclic) bond motifs is 1. The molecule has 3 N–H and O–H groups in total. The number of nitrogen functional groups attached to an aromatic ring is 1. The van der Waals surface area contributed by atoms with Gasteiger partial charge in [-0.3, -0.25) is 0 Å². The summed E-state index contributed by atoms with van der Waals surface area (Å²) in [6.45, 7) is 2.10. The number of hydrogen-bond donors (Lipinski definition) is 2. The van der Waals surface area contributed by atoms with Crippen molar-refractivity contribution in [3.8, 4) is 5.75 Å². The molecule has 128 valence electrons. The van der Waals surface area contributed by atoms with Gasteiger partial charge in [0.05, 0.1) is 19.2 Å². The Morgan fingerprint density at radius 1 is 1.16 bits per heavy atom. The van der Waals surface area contributed by atoms with E-state index in [1.165, 1.54) is 16.7 Å². The number of nitrogens with two attached hydrogens (primary N) is 1. The van der Waals surface area contributed by atoms with Crippen LogP contribution in [0, 0.1) is 6.92 Å². The first-order valence-corrected chi connectivity index (χ1v) is 8.33. The minimum atomic E-state index is 0.0908. The van der Waals surface area contributed by atoms with Gasteiger partial charge in [0, 0.05) is 0 Å². The number of hydrogen-bond acceptors (Lipinski definition) is 5. The van der Waals surface area contributed by atoms with Crippen molar-refractivity contribution in [2.45, 2.75) is 25.4 Å². The fourth-order valence-electron chi connectivity index (χ4n) is 3.40. The molecule has 25 heavy (non-hydrogen) atoms. The average Bonchev–Trinajstić information content (AvgIpc) is 3.01. The first kappa shape index (κ1) is 15.5. The van der Waals surface area contributed by atoms with Crippen LogP contribution in [0.3, 0.4) is 0 Å². The standard InChI is InChI=1S/C19H21N5O/c1-12-4-3-5-14(10-12)17-11-16(13-6-8-15(25-2)9-7-13)21-19-22-18(20)23-24(17)19/h3-10,16-17H,11H2,1-2H3,(H3,20,21,22,23)/t16-,17-/m1/s1. The number of ether oxygens (including phenoxy) is 1. The fraction of sp³-hybridized carbons (Fsp3) is 0.263. The molecule has 1 aromatic heterocycles. The van der Waals surface area contributed by atoms with E-state index in [9.17, 15) is 0 Å². The molecule has 4 rings (SSSR count). The Kier molecular flexibility index (Phi) is 3.80. The van der Waals surface area contributed by atoms with E-state index in [0.29, 0.717) is 5.95 Å². The number of rotatable bonds is 3. The molecule has 0 spiro atoms. The van der Waals surface area contributed by atoms with Crippen LogP contribution in [-0.2, 0) is 0 Å². The third-order valence-electron chi connectivity index (χ3n) is 4.65. The second-order valence-electron chi connectivity index (χ2n) is 6.37. The maximum absolute atomic E-state index is 5.85. The third kappa shape index (κ3) is 2.91. The van der Waals surface area contributed by atoms with Gasteiger partial charge in [0.2, 0.25) is 11.9 Å². The predicted molar refractivity (Wildman–Crippen MR) is 97.7 cm³/mol. The molecule has 0 amide bonds. The first-order valence-electron chi connectivity index (χ1n) is 8.33. The topological polar surface area (TPSA) is 78.0 Å². The summed E-state index contributed by atoms with van der Waals surface area (Å²) in [7, 11) is 1.67. The van der Waals surface area contributed by atoms with E-state index < -0.39 is 0 Å². The lowest BCUT2D eigenvalue weighted by Gasteiger charge is -2.31. The second kappa shape index (κ2) is 6.12. The lowest BCUT2D eigenvalue weighted by Crippen LogP contribution is -2.28. The van der Waals surface area contributed by atoms with Crippen LogP contribution < -0.4 is 15.8 Å². The molecule has 0 saturated heterocycles. The highest BCUT2D eigenvalue weighted by atomic mass is 16.5. The zero-order chi connectivity index (χ0) is 17.4. The van der Waals surface area contributed by atoms with Gasteiger partial charge in [0.1, 0.15) is 5.75 Å². The summed E-state index contributed by atoms with van der Waals surface area (Å²) >= 11 is 0. The van der Waals surface area contributed by atoms with Gasteiger partial charge in [-0.05, 0) is 36.6 Å². The summed E-state index contributed by atoms with van der Waals surface area (Å²) in [5.74, 6) is 1.84. The number of nitrogens with one attached hydrogen (secondary N) is 1. The molecule has 0 bridgehead atoms. The van der Waals surface area contributed by atoms with Crippen molar-refractivity contribution in [3.05, 3.63) is 65.2 Å². The molecule has 2 aromatic carbocycles. The highest BCUT2D eigenvalue weighted by Crippen LogP contribution is 2.38. The van der Waals surface area contributed by atoms with Crippen LogP contribution in [0.2, 0.25) is 0 Å². The van der Waals surface area contributed by atoms with Crippen molar-refractivity contribution >= 4 is 11.9 Å². The van der Waals surface area contributed by atoms with Crippen molar-refractivity contribution in [2.24, 2.45) is 0 Å². The highest BCUT2D eigenvalue weighted by molar-refractivity contribution is 5.42. The Hall–Kier alpha value is -3.02. The largest absolute Gasteiger partial charge is 0.497 e. The van der Waals surface area contributed by atoms with Gasteiger partial charge >= 0.3 is 0 Å². The fourth-order valence-corrected chi connectivity index (χ4v) is 3.40. The zero-order valence-electron chi connectivity index (χ0n) is 14.3. The minimum Gasteiger partial charge on any atom is -0.497 e. The van der Waals surface area contributed by atoms with Gasteiger partial charge < -0.3 is 15.8 Å². The maximum atomic E-state index is 5.85. The molecular weight excluding hydrogens is 314 g/mol. The van der Waals surface area contributed by atoms with Crippen LogP contribution in [-0.4, -0.2) is 21.9 Å². The highest BCUT2D eigenvalue weighted by Gasteiger charge is 2.30. The summed E-state index contributed by atoms with van der Waals surface area (Å²) in [6, 6.07) is 16.9. The van der Waals surface area contributed by atoms with E-state index in [4.69, 9.17) is 10.5 Å². The molecule has 0 saturated carbocycles. The lowest BCUT2D eigenvalue weighted by atomic mass is 9.92. The van der Waals surface area contributed by atoms with Crippen LogP contribution in [0.4, 0.5) is 11.9 Å². The van der Waals surface area contributed by atoms with Crippen LogP contribution in [0.15, 0.2) is 48.5 Å². The predicted octanol–water partition coefficient (Wildman–Crippen LogP) is 3.32. The summed E-state index contributed by atoms with van der Waals surface area (Å²) in [6.07, 6.45) is 0.867. The van der Waals surface area contributed by atoms with Gasteiger partial charge in [0.15, 0.2) is 0 Å². The quantitative estimate of drug-likeness (QED) is 0.768. The van der Waals surface area contributed by atoms with Crippen LogP contribution in [0.1, 0.15) is 35.2 Å². The van der Waals surface area contributed by atoms with Crippen LogP contribution in [0.25, 0.3) is 0 Å². The van der Waals surface area contributed by atoms with Gasteiger partial charge in [-0.15, -0.1) is 5.10 Å². The van der Waals surface area contributed by atoms with Crippen molar-refractivity contribution in [1.29, 1.82) is 0 Å². The Bertz CT molecular complexity index is 887. The van der Waals surface area contributed by atoms with Gasteiger partial charge in [-0.25, -0.2) is 4.68 Å². The van der Waals surface area contributed by atoms with E-state index in [1.54, 1.807) is 7.11 Å². The summed E-state index contributed by atoms with van der Waals surface area (Å²) in [5.41, 5.74) is 9.48. The van der Waals surface area contributed by atoms with E-state index in [0.717, 1.165) is 12.2 Å². The molecule has 0 fully saturated rings. The Labute approximate surface area is 146 Å². The van der Waals surface area contributed by atoms with Crippen molar-refractivity contribution in [2.75, 3.05) is 18.2 Å². The molecule has 1 aliphatic rings. The molecule has 0 unspecified atom stereocenters. The number of nitrogens with zero attached hydrogens (tertiary/aromatic N) is 3. The van der Waals surface area contributed by atoms with Crippen molar-refractivity contribution < 1.29 is 4.74 Å². The first-order chi connectivity index (χ1) is 12.1. The van der Waals surface area contributed by atoms with E-state index in [2.05, 4.69) is 58.7 Å². The maximum Gasteiger partial charge on any atom is 0.241 e. The van der Waals surface area contributed by atoms with Gasteiger partial charge in [-0.1, -0.05) is 42.0 Å². The summed E-state index contributed by atoms with van der Waals surface area (Å²) in [4.78, 5) is 4.35. The second-order valence-corrected chi connectivity index (χ2v) is 6.37. The Balaban J connectivity index is 1.73. The number of benzene rings is 2. The van der Waals surface area contributed by atoms with Gasteiger partial charge in [0.25, 0.3) is 0 Å². The summed E-state index contributed by atoms with van der Waals surface area (Å²) < 4.78 is 7.15. The molecular formula is C19H21N5O. The monoisotopic (exact) mass is 335 g/mol. The molecule has 0 aliphatic carbocycles. The number of aromatic nitrogens is 3. The van der Waals surface area contributed by atoms with Crippen LogP contribution in [0.5, 0.6) is 5.75 Å². The van der Waals surface area contributed by atoms with Gasteiger partial charge in [-0.2, -0.15) is 4.98 Å². The number of methoxy groups -OCH3 is 1. The average molecular weight is 335 g/mol. The minimum absolute atomic E-state index is 0.0908. The van der Waals surface area contributed by atoms with Crippen LogP contribution >= 0.6 is 0 Å². The number of aryl methyl sites for hydroxylation is 1. The van der Waals surface area contributed by atoms with Crippen molar-refractivity contribution in [3.63, 3.8) is 0 Å². The molecule has 6 heteroatoms. The molecule has 0 radical (unpaired) electrons.